The van der Waals surface area contributed by atoms with Gasteiger partial charge in [0.2, 0.25) is 11.9 Å². The van der Waals surface area contributed by atoms with Crippen LogP contribution in [0.1, 0.15) is 6.42 Å². The van der Waals surface area contributed by atoms with Crippen molar-refractivity contribution in [3.8, 4) is 0 Å². The van der Waals surface area contributed by atoms with Crippen molar-refractivity contribution in [2.75, 3.05) is 37.9 Å². The number of anilines is 2. The van der Waals surface area contributed by atoms with Gasteiger partial charge in [0, 0.05) is 32.8 Å². The molecule has 100 valence electrons. The molecule has 18 heavy (non-hydrogen) atoms. The van der Waals surface area contributed by atoms with Crippen LogP contribution in [0.3, 0.4) is 0 Å². The molecular weight excluding hydrogens is 302 g/mol. The van der Waals surface area contributed by atoms with E-state index >= 15 is 0 Å². The number of nitrogens with one attached hydrogen (secondary N) is 2. The predicted octanol–water partition coefficient (Wildman–Crippen LogP) is 0.386. The second-order valence-electron chi connectivity index (χ2n) is 3.44. The van der Waals surface area contributed by atoms with E-state index in [0.29, 0.717) is 36.4 Å². The molecule has 4 N–H and O–H groups in total. The first-order valence-electron chi connectivity index (χ1n) is 5.41. The summed E-state index contributed by atoms with van der Waals surface area (Å²) in [5.74, 6) is 0.718. The summed E-state index contributed by atoms with van der Waals surface area (Å²) in [5.41, 5.74) is 5.46. The number of halogens is 1. The molecule has 0 bridgehead atoms. The number of hydrogen-bond acceptors (Lipinski definition) is 6. The van der Waals surface area contributed by atoms with Gasteiger partial charge in [-0.3, -0.25) is 4.79 Å². The van der Waals surface area contributed by atoms with Gasteiger partial charge in [0.1, 0.15) is 5.82 Å². The Morgan fingerprint density at radius 2 is 2.33 bits per heavy atom. The van der Waals surface area contributed by atoms with Crippen LogP contribution in [-0.4, -0.2) is 42.7 Å². The zero-order valence-electron chi connectivity index (χ0n) is 10.1. The Labute approximate surface area is 114 Å². The maximum Gasteiger partial charge on any atom is 0.221 e. The largest absolute Gasteiger partial charge is 0.383 e. The summed E-state index contributed by atoms with van der Waals surface area (Å²) in [6.07, 6.45) is 1.91. The molecule has 1 aromatic rings. The van der Waals surface area contributed by atoms with E-state index in [1.54, 1.807) is 13.3 Å². The van der Waals surface area contributed by atoms with Crippen molar-refractivity contribution in [1.29, 1.82) is 0 Å². The van der Waals surface area contributed by atoms with Crippen LogP contribution in [0.25, 0.3) is 0 Å². The smallest absolute Gasteiger partial charge is 0.221 e. The molecule has 0 fully saturated rings. The molecule has 0 unspecified atom stereocenters. The van der Waals surface area contributed by atoms with E-state index in [1.807, 2.05) is 0 Å². The molecular formula is C10H16BrN5O2. The molecule has 0 spiro atoms. The summed E-state index contributed by atoms with van der Waals surface area (Å²) in [5, 5.41) is 5.73. The Bertz CT molecular complexity index is 402. The van der Waals surface area contributed by atoms with Crippen LogP contribution in [0, 0.1) is 0 Å². The molecule has 1 aromatic heterocycles. The Morgan fingerprint density at radius 3 is 3.06 bits per heavy atom. The standard InChI is InChI=1S/C10H16BrN5O2/c1-18-5-4-13-8(17)2-3-14-9-7(11)6-15-10(12)16-9/h6H,2-5H2,1H3,(H,13,17)(H3,12,14,15,16). The molecule has 0 atom stereocenters. The van der Waals surface area contributed by atoms with Crippen molar-refractivity contribution in [3.63, 3.8) is 0 Å². The highest BCUT2D eigenvalue weighted by molar-refractivity contribution is 9.10. The normalized spacial score (nSPS) is 10.1. The van der Waals surface area contributed by atoms with E-state index in [2.05, 4.69) is 36.5 Å². The minimum absolute atomic E-state index is 0.0438. The van der Waals surface area contributed by atoms with Crippen molar-refractivity contribution in [3.05, 3.63) is 10.7 Å². The van der Waals surface area contributed by atoms with E-state index in [9.17, 15) is 4.79 Å². The maximum atomic E-state index is 11.4. The Kier molecular flexibility index (Phi) is 6.37. The average molecular weight is 318 g/mol. The summed E-state index contributed by atoms with van der Waals surface area (Å²) in [4.78, 5) is 19.2. The lowest BCUT2D eigenvalue weighted by molar-refractivity contribution is -0.121. The predicted molar refractivity (Wildman–Crippen MR) is 72.1 cm³/mol. The number of hydrogen-bond donors (Lipinski definition) is 3. The second-order valence-corrected chi connectivity index (χ2v) is 4.30. The lowest BCUT2D eigenvalue weighted by atomic mass is 10.4. The summed E-state index contributed by atoms with van der Waals surface area (Å²) in [7, 11) is 1.59. The lowest BCUT2D eigenvalue weighted by Gasteiger charge is -2.08. The molecule has 0 radical (unpaired) electrons. The van der Waals surface area contributed by atoms with Crippen molar-refractivity contribution < 1.29 is 9.53 Å². The van der Waals surface area contributed by atoms with Gasteiger partial charge in [-0.25, -0.2) is 4.98 Å². The highest BCUT2D eigenvalue weighted by Crippen LogP contribution is 2.18. The van der Waals surface area contributed by atoms with Gasteiger partial charge in [-0.05, 0) is 15.9 Å². The molecule has 1 amide bonds. The monoisotopic (exact) mass is 317 g/mol. The molecule has 0 aliphatic heterocycles. The minimum atomic E-state index is -0.0438. The number of carbonyl (C=O) groups excluding carboxylic acids is 1. The van der Waals surface area contributed by atoms with Gasteiger partial charge in [0.25, 0.3) is 0 Å². The number of methoxy groups -OCH3 is 1. The van der Waals surface area contributed by atoms with Crippen LogP contribution < -0.4 is 16.4 Å². The number of rotatable bonds is 7. The number of aromatic nitrogens is 2. The van der Waals surface area contributed by atoms with Gasteiger partial charge >= 0.3 is 0 Å². The number of amides is 1. The molecule has 0 saturated heterocycles. The van der Waals surface area contributed by atoms with Gasteiger partial charge < -0.3 is 21.1 Å². The first kappa shape index (κ1) is 14.7. The summed E-state index contributed by atoms with van der Waals surface area (Å²) >= 11 is 3.29. The van der Waals surface area contributed by atoms with Crippen LogP contribution in [0.5, 0.6) is 0 Å². The summed E-state index contributed by atoms with van der Waals surface area (Å²) in [6.45, 7) is 1.49. The number of carbonyl (C=O) groups is 1. The average Bonchev–Trinajstić information content (AvgIpc) is 2.34. The number of nitrogens with two attached hydrogens (primary N) is 1. The highest BCUT2D eigenvalue weighted by atomic mass is 79.9. The minimum Gasteiger partial charge on any atom is -0.383 e. The lowest BCUT2D eigenvalue weighted by Crippen LogP contribution is -2.28. The fraction of sp³-hybridized carbons (Fsp3) is 0.500. The fourth-order valence-electron chi connectivity index (χ4n) is 1.18. The Morgan fingerprint density at radius 1 is 1.56 bits per heavy atom. The van der Waals surface area contributed by atoms with Gasteiger partial charge in [-0.2, -0.15) is 4.98 Å². The summed E-state index contributed by atoms with van der Waals surface area (Å²) in [6, 6.07) is 0. The van der Waals surface area contributed by atoms with E-state index < -0.39 is 0 Å². The van der Waals surface area contributed by atoms with E-state index in [-0.39, 0.29) is 11.9 Å². The van der Waals surface area contributed by atoms with E-state index in [0.717, 1.165) is 0 Å². The molecule has 8 heteroatoms. The third kappa shape index (κ3) is 5.28. The Balaban J connectivity index is 2.28. The van der Waals surface area contributed by atoms with Crippen LogP contribution in [0.2, 0.25) is 0 Å². The van der Waals surface area contributed by atoms with E-state index in [1.165, 1.54) is 0 Å². The molecule has 0 aliphatic rings. The third-order valence-corrected chi connectivity index (χ3v) is 2.62. The van der Waals surface area contributed by atoms with Crippen molar-refractivity contribution in [2.45, 2.75) is 6.42 Å². The van der Waals surface area contributed by atoms with Crippen LogP contribution in [-0.2, 0) is 9.53 Å². The number of nitrogens with zero attached hydrogens (tertiary/aromatic N) is 2. The highest BCUT2D eigenvalue weighted by Gasteiger charge is 2.04. The quantitative estimate of drug-likeness (QED) is 0.629. The van der Waals surface area contributed by atoms with Crippen molar-refractivity contribution in [1.82, 2.24) is 15.3 Å². The molecule has 1 heterocycles. The van der Waals surface area contributed by atoms with Gasteiger partial charge in [0.05, 0.1) is 11.1 Å². The SMILES string of the molecule is COCCNC(=O)CCNc1nc(N)ncc1Br. The number of nitrogen functional groups attached to an aromatic ring is 1. The molecule has 1 rings (SSSR count). The zero-order valence-corrected chi connectivity index (χ0v) is 11.7. The fourth-order valence-corrected chi connectivity index (χ4v) is 1.51. The maximum absolute atomic E-state index is 11.4. The van der Waals surface area contributed by atoms with Crippen LogP contribution in [0.4, 0.5) is 11.8 Å². The van der Waals surface area contributed by atoms with Crippen molar-refractivity contribution >= 4 is 33.6 Å². The van der Waals surface area contributed by atoms with E-state index in [4.69, 9.17) is 10.5 Å². The molecule has 0 saturated carbocycles. The third-order valence-electron chi connectivity index (χ3n) is 2.04. The van der Waals surface area contributed by atoms with Crippen molar-refractivity contribution in [2.24, 2.45) is 0 Å². The Hall–Kier alpha value is -1.41. The second kappa shape index (κ2) is 7.83. The first-order chi connectivity index (χ1) is 8.63. The van der Waals surface area contributed by atoms with Crippen LogP contribution in [0.15, 0.2) is 10.7 Å². The van der Waals surface area contributed by atoms with Gasteiger partial charge in [-0.15, -0.1) is 0 Å². The number of ether oxygens (including phenoxy) is 1. The van der Waals surface area contributed by atoms with Gasteiger partial charge in [-0.1, -0.05) is 0 Å². The molecule has 7 nitrogen and oxygen atoms in total. The first-order valence-corrected chi connectivity index (χ1v) is 6.20. The van der Waals surface area contributed by atoms with Gasteiger partial charge in [0.15, 0.2) is 0 Å². The topological polar surface area (TPSA) is 102 Å². The zero-order chi connectivity index (χ0) is 13.4. The summed E-state index contributed by atoms with van der Waals surface area (Å²) < 4.78 is 5.53. The molecule has 0 aliphatic carbocycles. The molecule has 0 aromatic carbocycles. The van der Waals surface area contributed by atoms with Crippen LogP contribution >= 0.6 is 15.9 Å².